The van der Waals surface area contributed by atoms with Crippen molar-refractivity contribution in [1.82, 2.24) is 10.2 Å². The SMILES string of the molecule is CC(O[C@H]1OCCN(CC#CCC2CCN2)[C@H]1c1ccc(F)cc1)c1cccc(C(F)(F)F)c1. The first-order chi connectivity index (χ1) is 16.3. The lowest BCUT2D eigenvalue weighted by molar-refractivity contribution is -0.228. The van der Waals surface area contributed by atoms with Gasteiger partial charge in [0.25, 0.3) is 0 Å². The molecule has 8 heteroatoms. The van der Waals surface area contributed by atoms with Gasteiger partial charge in [-0.05, 0) is 55.3 Å². The van der Waals surface area contributed by atoms with Gasteiger partial charge in [-0.15, -0.1) is 5.92 Å². The van der Waals surface area contributed by atoms with Crippen LogP contribution in [0.2, 0.25) is 0 Å². The summed E-state index contributed by atoms with van der Waals surface area (Å²) in [4.78, 5) is 2.11. The predicted octanol–water partition coefficient (Wildman–Crippen LogP) is 5.08. The summed E-state index contributed by atoms with van der Waals surface area (Å²) in [6.07, 6.45) is -3.91. The number of morpholine rings is 1. The Morgan fingerprint density at radius 2 is 1.94 bits per heavy atom. The van der Waals surface area contributed by atoms with Crippen molar-refractivity contribution in [3.63, 3.8) is 0 Å². The van der Waals surface area contributed by atoms with E-state index in [0.29, 0.717) is 31.3 Å². The molecule has 182 valence electrons. The number of nitrogens with one attached hydrogen (secondary N) is 1. The summed E-state index contributed by atoms with van der Waals surface area (Å²) in [7, 11) is 0. The molecule has 2 aliphatic rings. The first-order valence-corrected chi connectivity index (χ1v) is 11.4. The fourth-order valence-corrected chi connectivity index (χ4v) is 4.13. The number of alkyl halides is 3. The van der Waals surface area contributed by atoms with Crippen molar-refractivity contribution >= 4 is 0 Å². The first-order valence-electron chi connectivity index (χ1n) is 11.4. The Kier molecular flexibility index (Phi) is 7.89. The second-order valence-corrected chi connectivity index (χ2v) is 8.60. The maximum Gasteiger partial charge on any atom is 0.416 e. The van der Waals surface area contributed by atoms with Crippen LogP contribution in [0.3, 0.4) is 0 Å². The summed E-state index contributed by atoms with van der Waals surface area (Å²) in [6.45, 7) is 4.21. The third-order valence-electron chi connectivity index (χ3n) is 6.23. The molecule has 4 atom stereocenters. The highest BCUT2D eigenvalue weighted by Crippen LogP contribution is 2.35. The van der Waals surface area contributed by atoms with Gasteiger partial charge in [0, 0.05) is 19.0 Å². The van der Waals surface area contributed by atoms with E-state index in [0.717, 1.165) is 37.1 Å². The van der Waals surface area contributed by atoms with E-state index in [1.54, 1.807) is 25.1 Å². The molecule has 0 radical (unpaired) electrons. The van der Waals surface area contributed by atoms with Gasteiger partial charge in [0.05, 0.1) is 30.9 Å². The minimum atomic E-state index is -4.43. The van der Waals surface area contributed by atoms with Gasteiger partial charge in [-0.25, -0.2) is 4.39 Å². The fraction of sp³-hybridized carbons (Fsp3) is 0.462. The standard InChI is InChI=1S/C26H28F4N2O2/c1-18(20-5-4-6-21(17-20)26(28,29)30)34-25-24(19-8-10-22(27)11-9-19)32(15-16-33-25)14-3-2-7-23-12-13-31-23/h4-6,8-11,17-18,23-25,31H,7,12-16H2,1H3/t18?,23?,24-,25+/m0/s1. The molecule has 0 aromatic heterocycles. The lowest BCUT2D eigenvalue weighted by atomic mass is 10.0. The zero-order valence-electron chi connectivity index (χ0n) is 18.9. The van der Waals surface area contributed by atoms with Gasteiger partial charge in [0.2, 0.25) is 0 Å². The van der Waals surface area contributed by atoms with Crippen LogP contribution in [-0.4, -0.2) is 43.5 Å². The Balaban J connectivity index is 1.52. The number of halogens is 4. The molecule has 0 amide bonds. The fourth-order valence-electron chi connectivity index (χ4n) is 4.13. The van der Waals surface area contributed by atoms with Crippen LogP contribution in [0, 0.1) is 17.7 Å². The van der Waals surface area contributed by atoms with E-state index >= 15 is 0 Å². The summed E-state index contributed by atoms with van der Waals surface area (Å²) in [5, 5.41) is 3.32. The summed E-state index contributed by atoms with van der Waals surface area (Å²) >= 11 is 0. The molecule has 4 nitrogen and oxygen atoms in total. The van der Waals surface area contributed by atoms with Crippen LogP contribution in [0.15, 0.2) is 48.5 Å². The monoisotopic (exact) mass is 476 g/mol. The third-order valence-corrected chi connectivity index (χ3v) is 6.23. The van der Waals surface area contributed by atoms with E-state index in [1.807, 2.05) is 0 Å². The van der Waals surface area contributed by atoms with Gasteiger partial charge in [0.1, 0.15) is 5.82 Å². The Morgan fingerprint density at radius 3 is 2.62 bits per heavy atom. The van der Waals surface area contributed by atoms with Crippen molar-refractivity contribution in [2.24, 2.45) is 0 Å². The van der Waals surface area contributed by atoms with Gasteiger partial charge >= 0.3 is 6.18 Å². The van der Waals surface area contributed by atoms with Crippen LogP contribution in [-0.2, 0) is 15.7 Å². The third kappa shape index (κ3) is 6.16. The molecule has 0 saturated carbocycles. The smallest absolute Gasteiger partial charge is 0.349 e. The van der Waals surface area contributed by atoms with Crippen molar-refractivity contribution in [2.45, 2.75) is 50.4 Å². The van der Waals surface area contributed by atoms with Crippen LogP contribution in [0.25, 0.3) is 0 Å². The van der Waals surface area contributed by atoms with Crippen LogP contribution in [0.4, 0.5) is 17.6 Å². The molecule has 2 fully saturated rings. The average Bonchev–Trinajstić information content (AvgIpc) is 2.78. The molecule has 2 saturated heterocycles. The highest BCUT2D eigenvalue weighted by molar-refractivity contribution is 5.27. The maximum atomic E-state index is 13.6. The lowest BCUT2D eigenvalue weighted by Gasteiger charge is -2.41. The zero-order chi connectivity index (χ0) is 24.1. The molecule has 2 aliphatic heterocycles. The van der Waals surface area contributed by atoms with Crippen LogP contribution in [0.1, 0.15) is 48.6 Å². The molecule has 4 rings (SSSR count). The molecule has 34 heavy (non-hydrogen) atoms. The lowest BCUT2D eigenvalue weighted by Crippen LogP contribution is -2.47. The first kappa shape index (κ1) is 24.7. The molecule has 2 heterocycles. The van der Waals surface area contributed by atoms with Crippen molar-refractivity contribution in [3.8, 4) is 11.8 Å². The Labute approximate surface area is 197 Å². The quantitative estimate of drug-likeness (QED) is 0.466. The molecule has 0 bridgehead atoms. The number of ether oxygens (including phenoxy) is 2. The van der Waals surface area contributed by atoms with E-state index in [9.17, 15) is 17.6 Å². The van der Waals surface area contributed by atoms with E-state index in [1.165, 1.54) is 18.2 Å². The zero-order valence-corrected chi connectivity index (χ0v) is 18.9. The van der Waals surface area contributed by atoms with Crippen molar-refractivity contribution in [3.05, 3.63) is 71.0 Å². The van der Waals surface area contributed by atoms with Gasteiger partial charge in [0.15, 0.2) is 6.29 Å². The molecular formula is C26H28F4N2O2. The number of hydrogen-bond donors (Lipinski definition) is 1. The summed E-state index contributed by atoms with van der Waals surface area (Å²) in [5.74, 6) is 6.08. The number of nitrogens with zero attached hydrogens (tertiary/aromatic N) is 1. The second-order valence-electron chi connectivity index (χ2n) is 8.60. The highest BCUT2D eigenvalue weighted by atomic mass is 19.4. The average molecular weight is 477 g/mol. The van der Waals surface area contributed by atoms with Gasteiger partial charge in [-0.2, -0.15) is 13.2 Å². The summed E-state index contributed by atoms with van der Waals surface area (Å²) < 4.78 is 65.2. The largest absolute Gasteiger partial charge is 0.416 e. The summed E-state index contributed by atoms with van der Waals surface area (Å²) in [5.41, 5.74) is 0.476. The van der Waals surface area contributed by atoms with Crippen LogP contribution >= 0.6 is 0 Å². The van der Waals surface area contributed by atoms with Gasteiger partial charge < -0.3 is 14.8 Å². The molecule has 0 aliphatic carbocycles. The van der Waals surface area contributed by atoms with Crippen LogP contribution < -0.4 is 5.32 Å². The van der Waals surface area contributed by atoms with Crippen LogP contribution in [0.5, 0.6) is 0 Å². The number of rotatable bonds is 6. The predicted molar refractivity (Wildman–Crippen MR) is 120 cm³/mol. The number of hydrogen-bond acceptors (Lipinski definition) is 4. The molecule has 2 aromatic rings. The Hall–Kier alpha value is -2.44. The second kappa shape index (κ2) is 10.9. The van der Waals surface area contributed by atoms with E-state index in [4.69, 9.17) is 9.47 Å². The normalized spacial score (nSPS) is 24.1. The van der Waals surface area contributed by atoms with Gasteiger partial charge in [-0.1, -0.05) is 30.2 Å². The maximum absolute atomic E-state index is 13.6. The van der Waals surface area contributed by atoms with Crippen molar-refractivity contribution < 1.29 is 27.0 Å². The number of benzene rings is 2. The van der Waals surface area contributed by atoms with Crippen molar-refractivity contribution in [1.29, 1.82) is 0 Å². The minimum absolute atomic E-state index is 0.352. The molecular weight excluding hydrogens is 448 g/mol. The van der Waals surface area contributed by atoms with Crippen molar-refractivity contribution in [2.75, 3.05) is 26.2 Å². The molecule has 2 aromatic carbocycles. The Morgan fingerprint density at radius 1 is 1.18 bits per heavy atom. The molecule has 2 unspecified atom stereocenters. The Bertz CT molecular complexity index is 1010. The topological polar surface area (TPSA) is 33.7 Å². The minimum Gasteiger partial charge on any atom is -0.349 e. The van der Waals surface area contributed by atoms with E-state index in [-0.39, 0.29) is 11.9 Å². The molecule has 1 N–H and O–H groups in total. The van der Waals surface area contributed by atoms with E-state index < -0.39 is 24.1 Å². The van der Waals surface area contributed by atoms with Gasteiger partial charge in [-0.3, -0.25) is 4.90 Å². The molecule has 0 spiro atoms. The highest BCUT2D eigenvalue weighted by Gasteiger charge is 2.36. The van der Waals surface area contributed by atoms with E-state index in [2.05, 4.69) is 22.1 Å². The summed E-state index contributed by atoms with van der Waals surface area (Å²) in [6, 6.07) is 11.3.